The Morgan fingerprint density at radius 3 is 2.59 bits per heavy atom. The van der Waals surface area contributed by atoms with Crippen molar-refractivity contribution in [2.24, 2.45) is 0 Å². The summed E-state index contributed by atoms with van der Waals surface area (Å²) in [6.07, 6.45) is 1.37. The van der Waals surface area contributed by atoms with Crippen molar-refractivity contribution in [1.82, 2.24) is 4.90 Å². The second kappa shape index (κ2) is 7.98. The fourth-order valence-electron chi connectivity index (χ4n) is 3.04. The van der Waals surface area contributed by atoms with Crippen molar-refractivity contribution in [1.29, 1.82) is 0 Å². The van der Waals surface area contributed by atoms with Gasteiger partial charge in [0.2, 0.25) is 5.78 Å². The molecule has 1 unspecified atom stereocenters. The van der Waals surface area contributed by atoms with Crippen LogP contribution in [0.2, 0.25) is 5.02 Å². The molecule has 0 fully saturated rings. The number of rotatable bonds is 7. The summed E-state index contributed by atoms with van der Waals surface area (Å²) in [5.41, 5.74) is 0.651. The molecule has 1 aromatic heterocycles. The molecule has 0 bridgehead atoms. The highest BCUT2D eigenvalue weighted by Gasteiger charge is 2.44. The van der Waals surface area contributed by atoms with Crippen molar-refractivity contribution in [3.63, 3.8) is 0 Å². The molecule has 3 rings (SSSR count). The fourth-order valence-corrected chi connectivity index (χ4v) is 3.16. The van der Waals surface area contributed by atoms with E-state index in [0.717, 1.165) is 0 Å². The quantitative estimate of drug-likeness (QED) is 0.725. The highest BCUT2D eigenvalue weighted by Crippen LogP contribution is 2.39. The number of aliphatic hydroxyl groups is 1. The van der Waals surface area contributed by atoms with Gasteiger partial charge in [0.15, 0.2) is 11.5 Å². The molecule has 2 heterocycles. The predicted octanol–water partition coefficient (Wildman–Crippen LogP) is 3.94. The number of ether oxygens (including phenoxy) is 1. The first-order valence-corrected chi connectivity index (χ1v) is 8.97. The molecular weight excluding hydrogens is 370 g/mol. The second-order valence-electron chi connectivity index (χ2n) is 6.44. The molecule has 0 saturated carbocycles. The van der Waals surface area contributed by atoms with Crippen LogP contribution in [-0.2, 0) is 9.53 Å². The van der Waals surface area contributed by atoms with Crippen LogP contribution in [0.5, 0.6) is 0 Å². The summed E-state index contributed by atoms with van der Waals surface area (Å²) in [4.78, 5) is 27.0. The molecular formula is C20H20ClNO5. The third kappa shape index (κ3) is 3.91. The van der Waals surface area contributed by atoms with Gasteiger partial charge in [0.1, 0.15) is 0 Å². The van der Waals surface area contributed by atoms with E-state index in [1.54, 1.807) is 30.3 Å². The largest absolute Gasteiger partial charge is 0.503 e. The summed E-state index contributed by atoms with van der Waals surface area (Å²) in [6, 6.07) is 9.13. The highest BCUT2D eigenvalue weighted by molar-refractivity contribution is 6.30. The summed E-state index contributed by atoms with van der Waals surface area (Å²) < 4.78 is 10.7. The number of hydrogen-bond acceptors (Lipinski definition) is 5. The first-order valence-electron chi connectivity index (χ1n) is 8.59. The third-order valence-electron chi connectivity index (χ3n) is 4.26. The number of hydrogen-bond donors (Lipinski definition) is 1. The van der Waals surface area contributed by atoms with E-state index in [2.05, 4.69) is 0 Å². The Hall–Kier alpha value is -2.57. The minimum absolute atomic E-state index is 0.00228. The topological polar surface area (TPSA) is 80.0 Å². The highest BCUT2D eigenvalue weighted by atomic mass is 35.5. The minimum atomic E-state index is -0.747. The lowest BCUT2D eigenvalue weighted by Gasteiger charge is -2.27. The summed E-state index contributed by atoms with van der Waals surface area (Å²) in [5.74, 6) is -1.65. The van der Waals surface area contributed by atoms with Gasteiger partial charge in [-0.2, -0.15) is 0 Å². The molecule has 1 amide bonds. The van der Waals surface area contributed by atoms with Gasteiger partial charge in [-0.05, 0) is 43.7 Å². The number of carbonyl (C=O) groups is 2. The Morgan fingerprint density at radius 1 is 1.30 bits per heavy atom. The van der Waals surface area contributed by atoms with Gasteiger partial charge in [0.25, 0.3) is 5.91 Å². The van der Waals surface area contributed by atoms with Crippen LogP contribution in [-0.4, -0.2) is 41.0 Å². The van der Waals surface area contributed by atoms with E-state index in [1.807, 2.05) is 13.8 Å². The number of furan rings is 1. The van der Waals surface area contributed by atoms with E-state index in [-0.39, 0.29) is 30.6 Å². The number of amides is 1. The molecule has 0 spiro atoms. The van der Waals surface area contributed by atoms with Gasteiger partial charge in [0, 0.05) is 11.6 Å². The lowest BCUT2D eigenvalue weighted by atomic mass is 9.95. The Bertz CT molecular complexity index is 855. The zero-order valence-corrected chi connectivity index (χ0v) is 15.8. The van der Waals surface area contributed by atoms with E-state index < -0.39 is 23.5 Å². The number of ketones is 1. The maximum absolute atomic E-state index is 12.9. The summed E-state index contributed by atoms with van der Waals surface area (Å²) >= 11 is 5.97. The molecule has 27 heavy (non-hydrogen) atoms. The summed E-state index contributed by atoms with van der Waals surface area (Å²) in [5, 5.41) is 11.0. The molecule has 0 aliphatic carbocycles. The summed E-state index contributed by atoms with van der Waals surface area (Å²) in [7, 11) is 0. The lowest BCUT2D eigenvalue weighted by Crippen LogP contribution is -2.34. The zero-order valence-electron chi connectivity index (χ0n) is 15.0. The number of carbonyl (C=O) groups excluding carboxylic acids is 2. The van der Waals surface area contributed by atoms with Gasteiger partial charge in [-0.3, -0.25) is 9.59 Å². The van der Waals surface area contributed by atoms with Gasteiger partial charge in [-0.15, -0.1) is 0 Å². The Kier molecular flexibility index (Phi) is 5.68. The first kappa shape index (κ1) is 19.2. The van der Waals surface area contributed by atoms with E-state index in [0.29, 0.717) is 10.6 Å². The second-order valence-corrected chi connectivity index (χ2v) is 6.88. The van der Waals surface area contributed by atoms with Crippen molar-refractivity contribution in [2.75, 3.05) is 13.2 Å². The van der Waals surface area contributed by atoms with Crippen LogP contribution in [0.3, 0.4) is 0 Å². The van der Waals surface area contributed by atoms with Gasteiger partial charge in [-0.25, -0.2) is 0 Å². The molecule has 1 aliphatic heterocycles. The van der Waals surface area contributed by atoms with E-state index in [9.17, 15) is 14.7 Å². The van der Waals surface area contributed by atoms with E-state index >= 15 is 0 Å². The molecule has 6 nitrogen and oxygen atoms in total. The molecule has 1 atom stereocenters. The Morgan fingerprint density at radius 2 is 2.00 bits per heavy atom. The van der Waals surface area contributed by atoms with Crippen molar-refractivity contribution >= 4 is 23.3 Å². The van der Waals surface area contributed by atoms with Crippen LogP contribution in [0, 0.1) is 0 Å². The number of aliphatic hydroxyl groups excluding tert-OH is 1. The maximum Gasteiger partial charge on any atom is 0.290 e. The van der Waals surface area contributed by atoms with Crippen molar-refractivity contribution < 1.29 is 23.8 Å². The number of Topliss-reactive ketones (excluding diaryl/α,β-unsaturated/α-hetero) is 1. The van der Waals surface area contributed by atoms with Crippen LogP contribution in [0.25, 0.3) is 0 Å². The van der Waals surface area contributed by atoms with Crippen LogP contribution < -0.4 is 0 Å². The maximum atomic E-state index is 12.9. The van der Waals surface area contributed by atoms with Crippen LogP contribution in [0.1, 0.15) is 36.0 Å². The molecule has 1 aliphatic rings. The van der Waals surface area contributed by atoms with Gasteiger partial charge in [-0.1, -0.05) is 23.7 Å². The molecule has 7 heteroatoms. The third-order valence-corrected chi connectivity index (χ3v) is 4.51. The smallest absolute Gasteiger partial charge is 0.290 e. The minimum Gasteiger partial charge on any atom is -0.503 e. The average molecular weight is 390 g/mol. The molecule has 1 aromatic carbocycles. The molecule has 2 aromatic rings. The molecule has 1 N–H and O–H groups in total. The monoisotopic (exact) mass is 389 g/mol. The van der Waals surface area contributed by atoms with Crippen LogP contribution in [0.4, 0.5) is 0 Å². The molecule has 0 radical (unpaired) electrons. The standard InChI is InChI=1S/C20H20ClNO5/c1-12(2)26-11-9-22-17(13-5-7-14(21)8-6-13)16(19(24)20(22)25)18(23)15-4-3-10-27-15/h3-8,10,12,17,24H,9,11H2,1-2H3. The average Bonchev–Trinajstić information content (AvgIpc) is 3.25. The van der Waals surface area contributed by atoms with E-state index in [4.69, 9.17) is 20.8 Å². The van der Waals surface area contributed by atoms with Gasteiger partial charge < -0.3 is 19.2 Å². The van der Waals surface area contributed by atoms with Gasteiger partial charge in [0.05, 0.1) is 30.6 Å². The van der Waals surface area contributed by atoms with Crippen molar-refractivity contribution in [2.45, 2.75) is 26.0 Å². The Balaban J connectivity index is 1.99. The summed E-state index contributed by atoms with van der Waals surface area (Å²) in [6.45, 7) is 4.29. The Labute approximate surface area is 162 Å². The fraction of sp³-hybridized carbons (Fsp3) is 0.300. The number of nitrogens with zero attached hydrogens (tertiary/aromatic N) is 1. The molecule has 142 valence electrons. The van der Waals surface area contributed by atoms with Crippen LogP contribution in [0.15, 0.2) is 58.4 Å². The zero-order chi connectivity index (χ0) is 19.6. The normalized spacial score (nSPS) is 17.3. The first-order chi connectivity index (χ1) is 12.9. The number of halogens is 1. The lowest BCUT2D eigenvalue weighted by molar-refractivity contribution is -0.130. The van der Waals surface area contributed by atoms with Gasteiger partial charge >= 0.3 is 0 Å². The SMILES string of the molecule is CC(C)OCCN1C(=O)C(O)=C(C(=O)c2ccco2)C1c1ccc(Cl)cc1. The molecule has 0 saturated heterocycles. The predicted molar refractivity (Wildman–Crippen MR) is 99.7 cm³/mol. The van der Waals surface area contributed by atoms with E-state index in [1.165, 1.54) is 17.2 Å². The van der Waals surface area contributed by atoms with Crippen LogP contribution >= 0.6 is 11.6 Å². The number of benzene rings is 1. The van der Waals surface area contributed by atoms with Crippen molar-refractivity contribution in [3.8, 4) is 0 Å². The van der Waals surface area contributed by atoms with Crippen molar-refractivity contribution in [3.05, 3.63) is 70.3 Å².